The minimum atomic E-state index is -0.0706. The molecule has 90 valence electrons. The SMILES string of the molecule is CCOC(=O)C(C)C1CC2CC(=O)C[C@@H]2C1. The maximum Gasteiger partial charge on any atom is 0.308 e. The maximum absolute atomic E-state index is 11.6. The first-order valence-electron chi connectivity index (χ1n) is 6.30. The highest BCUT2D eigenvalue weighted by Crippen LogP contribution is 2.47. The molecule has 0 aromatic carbocycles. The van der Waals surface area contributed by atoms with Crippen LogP contribution in [-0.4, -0.2) is 18.4 Å². The Bertz CT molecular complexity index is 282. The molecule has 0 bridgehead atoms. The molecule has 3 nitrogen and oxygen atoms in total. The van der Waals surface area contributed by atoms with E-state index in [1.165, 1.54) is 0 Å². The lowest BCUT2D eigenvalue weighted by molar-refractivity contribution is -0.149. The van der Waals surface area contributed by atoms with Gasteiger partial charge in [0.1, 0.15) is 5.78 Å². The number of Topliss-reactive ketones (excluding diaryl/α,β-unsaturated/α-hetero) is 1. The van der Waals surface area contributed by atoms with Gasteiger partial charge in [0.25, 0.3) is 0 Å². The van der Waals surface area contributed by atoms with Gasteiger partial charge in [-0.15, -0.1) is 0 Å². The molecule has 3 heteroatoms. The van der Waals surface area contributed by atoms with Crippen molar-refractivity contribution in [1.29, 1.82) is 0 Å². The molecule has 0 radical (unpaired) electrons. The predicted molar refractivity (Wildman–Crippen MR) is 59.7 cm³/mol. The van der Waals surface area contributed by atoms with E-state index >= 15 is 0 Å². The highest BCUT2D eigenvalue weighted by molar-refractivity contribution is 5.81. The highest BCUT2D eigenvalue weighted by atomic mass is 16.5. The number of carbonyl (C=O) groups is 2. The van der Waals surface area contributed by atoms with Gasteiger partial charge in [-0.1, -0.05) is 6.92 Å². The van der Waals surface area contributed by atoms with Gasteiger partial charge in [0.15, 0.2) is 0 Å². The summed E-state index contributed by atoms with van der Waals surface area (Å²) < 4.78 is 5.05. The quantitative estimate of drug-likeness (QED) is 0.690. The van der Waals surface area contributed by atoms with Crippen molar-refractivity contribution in [3.63, 3.8) is 0 Å². The molecule has 0 spiro atoms. The number of fused-ring (bicyclic) bond motifs is 1. The van der Waals surface area contributed by atoms with E-state index in [0.717, 1.165) is 25.7 Å². The van der Waals surface area contributed by atoms with Gasteiger partial charge in [0.05, 0.1) is 12.5 Å². The van der Waals surface area contributed by atoms with E-state index in [2.05, 4.69) is 0 Å². The number of hydrogen-bond donors (Lipinski definition) is 0. The lowest BCUT2D eigenvalue weighted by Crippen LogP contribution is -2.22. The van der Waals surface area contributed by atoms with E-state index in [0.29, 0.717) is 30.1 Å². The molecule has 0 N–H and O–H groups in total. The molecule has 0 heterocycles. The van der Waals surface area contributed by atoms with Crippen LogP contribution in [0.5, 0.6) is 0 Å². The Kier molecular flexibility index (Phi) is 3.31. The molecule has 0 aromatic rings. The second-order valence-electron chi connectivity index (χ2n) is 5.24. The number of hydrogen-bond acceptors (Lipinski definition) is 3. The van der Waals surface area contributed by atoms with Crippen LogP contribution in [0, 0.1) is 23.7 Å². The lowest BCUT2D eigenvalue weighted by atomic mass is 9.90. The summed E-state index contributed by atoms with van der Waals surface area (Å²) in [4.78, 5) is 22.9. The zero-order valence-corrected chi connectivity index (χ0v) is 10.1. The molecular formula is C13H20O3. The van der Waals surface area contributed by atoms with Crippen LogP contribution in [0.1, 0.15) is 39.5 Å². The molecule has 2 rings (SSSR count). The predicted octanol–water partition coefficient (Wildman–Crippen LogP) is 2.19. The highest BCUT2D eigenvalue weighted by Gasteiger charge is 2.43. The molecule has 2 fully saturated rings. The van der Waals surface area contributed by atoms with Crippen molar-refractivity contribution < 1.29 is 14.3 Å². The van der Waals surface area contributed by atoms with Crippen molar-refractivity contribution in [3.8, 4) is 0 Å². The van der Waals surface area contributed by atoms with E-state index in [9.17, 15) is 9.59 Å². The monoisotopic (exact) mass is 224 g/mol. The third-order valence-electron chi connectivity index (χ3n) is 4.22. The summed E-state index contributed by atoms with van der Waals surface area (Å²) in [5.41, 5.74) is 0. The zero-order valence-electron chi connectivity index (χ0n) is 10.1. The first-order valence-corrected chi connectivity index (χ1v) is 6.30. The summed E-state index contributed by atoms with van der Waals surface area (Å²) >= 11 is 0. The summed E-state index contributed by atoms with van der Waals surface area (Å²) in [5, 5.41) is 0. The molecule has 0 saturated heterocycles. The summed E-state index contributed by atoms with van der Waals surface area (Å²) in [6.07, 6.45) is 3.57. The zero-order chi connectivity index (χ0) is 11.7. The van der Waals surface area contributed by atoms with Crippen molar-refractivity contribution >= 4 is 11.8 Å². The molecule has 0 aromatic heterocycles. The van der Waals surface area contributed by atoms with Crippen molar-refractivity contribution in [2.24, 2.45) is 23.7 Å². The van der Waals surface area contributed by atoms with Gasteiger partial charge in [0, 0.05) is 12.8 Å². The normalized spacial score (nSPS) is 34.9. The molecule has 4 atom stereocenters. The molecule has 0 amide bonds. The van der Waals surface area contributed by atoms with Crippen LogP contribution >= 0.6 is 0 Å². The minimum Gasteiger partial charge on any atom is -0.466 e. The van der Waals surface area contributed by atoms with Gasteiger partial charge >= 0.3 is 5.97 Å². The van der Waals surface area contributed by atoms with E-state index in [4.69, 9.17) is 4.74 Å². The maximum atomic E-state index is 11.6. The average molecular weight is 224 g/mol. The number of esters is 1. The van der Waals surface area contributed by atoms with Gasteiger partial charge in [0.2, 0.25) is 0 Å². The van der Waals surface area contributed by atoms with E-state index in [1.807, 2.05) is 13.8 Å². The fraction of sp³-hybridized carbons (Fsp3) is 0.846. The van der Waals surface area contributed by atoms with Crippen LogP contribution in [0.4, 0.5) is 0 Å². The summed E-state index contributed by atoms with van der Waals surface area (Å²) in [6, 6.07) is 0. The third kappa shape index (κ3) is 2.13. The van der Waals surface area contributed by atoms with Gasteiger partial charge in [-0.25, -0.2) is 0 Å². The van der Waals surface area contributed by atoms with Gasteiger partial charge in [-0.3, -0.25) is 9.59 Å². The largest absolute Gasteiger partial charge is 0.466 e. The average Bonchev–Trinajstić information content (AvgIpc) is 2.73. The van der Waals surface area contributed by atoms with Crippen LogP contribution in [0.15, 0.2) is 0 Å². The Hall–Kier alpha value is -0.860. The van der Waals surface area contributed by atoms with E-state index < -0.39 is 0 Å². The van der Waals surface area contributed by atoms with Crippen LogP contribution in [-0.2, 0) is 14.3 Å². The first-order chi connectivity index (χ1) is 7.61. The van der Waals surface area contributed by atoms with Gasteiger partial charge in [-0.2, -0.15) is 0 Å². The molecule has 2 aliphatic rings. The molecule has 3 unspecified atom stereocenters. The lowest BCUT2D eigenvalue weighted by Gasteiger charge is -2.18. The van der Waals surface area contributed by atoms with Crippen LogP contribution in [0.25, 0.3) is 0 Å². The van der Waals surface area contributed by atoms with E-state index in [1.54, 1.807) is 0 Å². The Balaban J connectivity index is 1.90. The van der Waals surface area contributed by atoms with Crippen molar-refractivity contribution in [3.05, 3.63) is 0 Å². The first kappa shape index (κ1) is 11.6. The smallest absolute Gasteiger partial charge is 0.308 e. The standard InChI is InChI=1S/C13H20O3/c1-3-16-13(15)8(2)9-4-10-6-12(14)7-11(10)5-9/h8-11H,3-7H2,1-2H3/t8?,9?,10-,11?/m0/s1. The summed E-state index contributed by atoms with van der Waals surface area (Å²) in [5.74, 6) is 1.88. The van der Waals surface area contributed by atoms with Crippen molar-refractivity contribution in [2.75, 3.05) is 6.61 Å². The topological polar surface area (TPSA) is 43.4 Å². The summed E-state index contributed by atoms with van der Waals surface area (Å²) in [7, 11) is 0. The summed E-state index contributed by atoms with van der Waals surface area (Å²) in [6.45, 7) is 4.26. The number of ether oxygens (including phenoxy) is 1. The Morgan fingerprint density at radius 2 is 1.94 bits per heavy atom. The fourth-order valence-corrected chi connectivity index (χ4v) is 3.30. The molecular weight excluding hydrogens is 204 g/mol. The van der Waals surface area contributed by atoms with Gasteiger partial charge < -0.3 is 4.74 Å². The third-order valence-corrected chi connectivity index (χ3v) is 4.22. The number of rotatable bonds is 3. The molecule has 2 aliphatic carbocycles. The Morgan fingerprint density at radius 3 is 2.44 bits per heavy atom. The fourth-order valence-electron chi connectivity index (χ4n) is 3.30. The Morgan fingerprint density at radius 1 is 1.38 bits per heavy atom. The minimum absolute atomic E-state index is 0.000604. The molecule has 2 saturated carbocycles. The van der Waals surface area contributed by atoms with Crippen LogP contribution in [0.3, 0.4) is 0 Å². The second-order valence-corrected chi connectivity index (χ2v) is 5.24. The Labute approximate surface area is 96.5 Å². The number of ketones is 1. The van der Waals surface area contributed by atoms with Crippen molar-refractivity contribution in [1.82, 2.24) is 0 Å². The second kappa shape index (κ2) is 4.56. The molecule has 16 heavy (non-hydrogen) atoms. The molecule has 0 aliphatic heterocycles. The van der Waals surface area contributed by atoms with Gasteiger partial charge in [-0.05, 0) is 37.5 Å². The van der Waals surface area contributed by atoms with Crippen molar-refractivity contribution in [2.45, 2.75) is 39.5 Å². The van der Waals surface area contributed by atoms with Crippen LogP contribution < -0.4 is 0 Å². The van der Waals surface area contributed by atoms with E-state index in [-0.39, 0.29) is 11.9 Å². The van der Waals surface area contributed by atoms with Crippen LogP contribution in [0.2, 0.25) is 0 Å². The number of carbonyl (C=O) groups excluding carboxylic acids is 2.